The molecule has 0 unspecified atom stereocenters. The summed E-state index contributed by atoms with van der Waals surface area (Å²) in [6.45, 7) is 6.22. The number of ether oxygens (including phenoxy) is 1. The Labute approximate surface area is 175 Å². The summed E-state index contributed by atoms with van der Waals surface area (Å²) in [4.78, 5) is 4.54. The Morgan fingerprint density at radius 1 is 1.17 bits per heavy atom. The fourth-order valence-electron chi connectivity index (χ4n) is 4.08. The lowest BCUT2D eigenvalue weighted by atomic mass is 9.85. The monoisotopic (exact) mass is 410 g/mol. The van der Waals surface area contributed by atoms with Gasteiger partial charge < -0.3 is 20.3 Å². The van der Waals surface area contributed by atoms with Crippen LogP contribution in [0.5, 0.6) is 5.75 Å². The summed E-state index contributed by atoms with van der Waals surface area (Å²) >= 11 is 0. The third kappa shape index (κ3) is 3.90. The molecule has 5 nitrogen and oxygen atoms in total. The highest BCUT2D eigenvalue weighted by Crippen LogP contribution is 2.42. The van der Waals surface area contributed by atoms with E-state index in [1.165, 1.54) is 12.1 Å². The Bertz CT molecular complexity index is 1070. The first-order valence-corrected chi connectivity index (χ1v) is 10.2. The zero-order valence-corrected chi connectivity index (χ0v) is 17.4. The number of aromatic nitrogens is 1. The van der Waals surface area contributed by atoms with Gasteiger partial charge in [0.15, 0.2) is 0 Å². The summed E-state index contributed by atoms with van der Waals surface area (Å²) in [6, 6.07) is 11.9. The molecule has 2 heterocycles. The first-order chi connectivity index (χ1) is 14.3. The minimum atomic E-state index is -0.766. The van der Waals surface area contributed by atoms with Crippen molar-refractivity contribution in [3.63, 3.8) is 0 Å². The molecule has 6 heteroatoms. The quantitative estimate of drug-likeness (QED) is 0.600. The van der Waals surface area contributed by atoms with Crippen molar-refractivity contribution in [3.05, 3.63) is 70.7 Å². The van der Waals surface area contributed by atoms with Gasteiger partial charge in [0.25, 0.3) is 0 Å². The number of pyridine rings is 1. The van der Waals surface area contributed by atoms with Crippen LogP contribution in [0.1, 0.15) is 42.3 Å². The van der Waals surface area contributed by atoms with Crippen molar-refractivity contribution in [1.82, 2.24) is 10.3 Å². The molecule has 0 radical (unpaired) electrons. The van der Waals surface area contributed by atoms with Crippen molar-refractivity contribution in [3.8, 4) is 5.75 Å². The van der Waals surface area contributed by atoms with Crippen LogP contribution in [0, 0.1) is 12.7 Å². The number of halogens is 1. The van der Waals surface area contributed by atoms with E-state index in [1.54, 1.807) is 12.1 Å². The van der Waals surface area contributed by atoms with E-state index < -0.39 is 11.7 Å². The van der Waals surface area contributed by atoms with Gasteiger partial charge in [0.05, 0.1) is 23.9 Å². The second-order valence-electron chi connectivity index (χ2n) is 8.45. The van der Waals surface area contributed by atoms with Gasteiger partial charge in [-0.2, -0.15) is 0 Å². The number of aliphatic hydroxyl groups excluding tert-OH is 2. The number of rotatable bonds is 5. The van der Waals surface area contributed by atoms with Crippen LogP contribution >= 0.6 is 0 Å². The third-order valence-electron chi connectivity index (χ3n) is 5.79. The van der Waals surface area contributed by atoms with Crippen LogP contribution in [0.25, 0.3) is 10.9 Å². The van der Waals surface area contributed by atoms with Crippen LogP contribution in [-0.4, -0.2) is 33.4 Å². The van der Waals surface area contributed by atoms with Gasteiger partial charge in [-0.05, 0) is 75.2 Å². The number of hydrogen-bond acceptors (Lipinski definition) is 5. The summed E-state index contributed by atoms with van der Waals surface area (Å²) in [5.41, 5.74) is 3.49. The second kappa shape index (κ2) is 7.95. The lowest BCUT2D eigenvalue weighted by Crippen LogP contribution is -2.52. The molecule has 0 aliphatic carbocycles. The maximum Gasteiger partial charge on any atom is 0.131 e. The van der Waals surface area contributed by atoms with Crippen LogP contribution in [0.15, 0.2) is 42.5 Å². The molecule has 1 aliphatic rings. The molecule has 0 saturated carbocycles. The van der Waals surface area contributed by atoms with Crippen LogP contribution in [0.4, 0.5) is 4.39 Å². The first kappa shape index (κ1) is 20.7. The molecule has 4 rings (SSSR count). The molecule has 0 saturated heterocycles. The van der Waals surface area contributed by atoms with E-state index >= 15 is 0 Å². The zero-order chi connectivity index (χ0) is 21.5. The van der Waals surface area contributed by atoms with Crippen LogP contribution in [0.3, 0.4) is 0 Å². The summed E-state index contributed by atoms with van der Waals surface area (Å²) in [6.07, 6.45) is -0.0579. The molecule has 30 heavy (non-hydrogen) atoms. The molecule has 1 aromatic heterocycles. The normalized spacial score (nSPS) is 20.1. The molecule has 2 aromatic carbocycles. The number of nitrogens with zero attached hydrogens (tertiary/aromatic N) is 1. The molecule has 158 valence electrons. The van der Waals surface area contributed by atoms with E-state index in [1.807, 2.05) is 39.0 Å². The van der Waals surface area contributed by atoms with Crippen molar-refractivity contribution in [2.45, 2.75) is 51.5 Å². The van der Waals surface area contributed by atoms with Gasteiger partial charge >= 0.3 is 0 Å². The average molecular weight is 410 g/mol. The van der Waals surface area contributed by atoms with Gasteiger partial charge in [-0.25, -0.2) is 4.39 Å². The van der Waals surface area contributed by atoms with E-state index in [0.717, 1.165) is 33.3 Å². The van der Waals surface area contributed by atoms with Crippen molar-refractivity contribution in [1.29, 1.82) is 0 Å². The fraction of sp³-hybridized carbons (Fsp3) is 0.375. The number of fused-ring (bicyclic) bond motifs is 2. The van der Waals surface area contributed by atoms with Crippen molar-refractivity contribution in [2.75, 3.05) is 6.54 Å². The highest BCUT2D eigenvalue weighted by Gasteiger charge is 2.42. The Hall–Kier alpha value is -2.54. The first-order valence-electron chi connectivity index (χ1n) is 10.2. The molecular formula is C24H27FN2O3. The Kier molecular flexibility index (Phi) is 5.49. The van der Waals surface area contributed by atoms with Gasteiger partial charge in [0.1, 0.15) is 23.3 Å². The van der Waals surface area contributed by atoms with E-state index in [4.69, 9.17) is 4.74 Å². The maximum atomic E-state index is 13.1. The highest BCUT2D eigenvalue weighted by atomic mass is 19.1. The summed E-state index contributed by atoms with van der Waals surface area (Å²) in [7, 11) is 0. The lowest BCUT2D eigenvalue weighted by Gasteiger charge is -2.42. The number of aryl methyl sites for hydroxylation is 1. The predicted molar refractivity (Wildman–Crippen MR) is 114 cm³/mol. The average Bonchev–Trinajstić information content (AvgIpc) is 2.71. The molecule has 3 N–H and O–H groups in total. The van der Waals surface area contributed by atoms with Crippen molar-refractivity contribution in [2.24, 2.45) is 0 Å². The van der Waals surface area contributed by atoms with Crippen LogP contribution < -0.4 is 10.1 Å². The Balaban J connectivity index is 1.66. The van der Waals surface area contributed by atoms with Gasteiger partial charge in [-0.15, -0.1) is 0 Å². The van der Waals surface area contributed by atoms with E-state index in [-0.39, 0.29) is 18.5 Å². The van der Waals surface area contributed by atoms with Gasteiger partial charge in [0, 0.05) is 10.9 Å². The summed E-state index contributed by atoms with van der Waals surface area (Å²) in [5.74, 6) is 0.470. The number of aliphatic hydroxyl groups is 2. The molecule has 1 aliphatic heterocycles. The topological polar surface area (TPSA) is 74.6 Å². The smallest absolute Gasteiger partial charge is 0.131 e. The third-order valence-corrected chi connectivity index (χ3v) is 5.79. The van der Waals surface area contributed by atoms with Crippen LogP contribution in [0.2, 0.25) is 0 Å². The SMILES string of the molecule is Cc1cc(CO)nc2cc3c(cc12)OC(C)(C)[C@H](O)[C@H]3NCCc1ccc(F)cc1. The van der Waals surface area contributed by atoms with Crippen molar-refractivity contribution >= 4 is 10.9 Å². The molecule has 0 fully saturated rings. The maximum absolute atomic E-state index is 13.1. The van der Waals surface area contributed by atoms with E-state index in [2.05, 4.69) is 10.3 Å². The Morgan fingerprint density at radius 2 is 1.90 bits per heavy atom. The van der Waals surface area contributed by atoms with Gasteiger partial charge in [0.2, 0.25) is 0 Å². The number of benzene rings is 2. The molecular weight excluding hydrogens is 383 g/mol. The second-order valence-corrected chi connectivity index (χ2v) is 8.45. The molecule has 0 spiro atoms. The minimum Gasteiger partial charge on any atom is -0.485 e. The lowest BCUT2D eigenvalue weighted by molar-refractivity contribution is -0.0642. The summed E-state index contributed by atoms with van der Waals surface area (Å²) < 4.78 is 19.3. The molecule has 2 atom stereocenters. The van der Waals surface area contributed by atoms with E-state index in [0.29, 0.717) is 18.7 Å². The van der Waals surface area contributed by atoms with E-state index in [9.17, 15) is 14.6 Å². The zero-order valence-electron chi connectivity index (χ0n) is 17.4. The molecule has 3 aromatic rings. The summed E-state index contributed by atoms with van der Waals surface area (Å²) in [5, 5.41) is 24.9. The van der Waals surface area contributed by atoms with Gasteiger partial charge in [-0.3, -0.25) is 4.98 Å². The molecule has 0 bridgehead atoms. The Morgan fingerprint density at radius 3 is 2.60 bits per heavy atom. The standard InChI is InChI=1S/C24H27FN2O3/c1-14-10-17(13-28)27-20-11-19-21(12-18(14)20)30-24(2,3)23(29)22(19)26-9-8-15-4-6-16(25)7-5-15/h4-7,10-12,22-23,26,28-29H,8-9,13H2,1-3H3/t22-,23+/m0/s1. The number of nitrogens with one attached hydrogen (secondary N) is 1. The van der Waals surface area contributed by atoms with Crippen molar-refractivity contribution < 1.29 is 19.3 Å². The van der Waals surface area contributed by atoms with Crippen LogP contribution in [-0.2, 0) is 13.0 Å². The largest absolute Gasteiger partial charge is 0.485 e. The molecule has 0 amide bonds. The fourth-order valence-corrected chi connectivity index (χ4v) is 4.08. The van der Waals surface area contributed by atoms with Gasteiger partial charge in [-0.1, -0.05) is 12.1 Å². The predicted octanol–water partition coefficient (Wildman–Crippen LogP) is 3.58. The highest BCUT2D eigenvalue weighted by molar-refractivity contribution is 5.85. The minimum absolute atomic E-state index is 0.126. The number of hydrogen-bond donors (Lipinski definition) is 3.